The average molecular weight is 398 g/mol. The molecule has 4 aromatic carbocycles. The van der Waals surface area contributed by atoms with E-state index in [1.54, 1.807) is 0 Å². The molecule has 0 aliphatic heterocycles. The summed E-state index contributed by atoms with van der Waals surface area (Å²) in [6.45, 7) is 7.44. The van der Waals surface area contributed by atoms with Gasteiger partial charge in [-0.3, -0.25) is 0 Å². The van der Waals surface area contributed by atoms with E-state index in [4.69, 9.17) is 0 Å². The van der Waals surface area contributed by atoms with Gasteiger partial charge in [0.1, 0.15) is 0 Å². The lowest BCUT2D eigenvalue weighted by Gasteiger charge is -2.14. The van der Waals surface area contributed by atoms with E-state index in [2.05, 4.69) is 105 Å². The molecule has 0 fully saturated rings. The molecule has 0 aliphatic rings. The van der Waals surface area contributed by atoms with Gasteiger partial charge in [-0.1, -0.05) is 66.2 Å². The number of para-hydroxylation sites is 1. The van der Waals surface area contributed by atoms with Crippen LogP contribution < -0.4 is 5.32 Å². The molecule has 0 aromatic heterocycles. The highest BCUT2D eigenvalue weighted by Gasteiger charge is 2.08. The lowest BCUT2D eigenvalue weighted by atomic mass is 10.0. The molecule has 0 atom stereocenters. The van der Waals surface area contributed by atoms with Gasteiger partial charge in [0.2, 0.25) is 0 Å². The van der Waals surface area contributed by atoms with Crippen LogP contribution in [0.5, 0.6) is 0 Å². The minimum absolute atomic E-state index is 0.824. The fourth-order valence-electron chi connectivity index (χ4n) is 3.87. The van der Waals surface area contributed by atoms with Gasteiger partial charge in [-0.15, -0.1) is 11.8 Å². The minimum atomic E-state index is 0.824. The summed E-state index contributed by atoms with van der Waals surface area (Å²) in [5.74, 6) is 0.993. The number of anilines is 1. The standard InChI is InChI=1S/C27H27NS/c1-19-14-20(2)25(21(3)15-19)18-29-27-11-7-6-10-26(27)28-17-22-12-13-23-8-4-5-9-24(23)16-22/h4-16,28H,17-18H2,1-3H3. The van der Waals surface area contributed by atoms with Crippen LogP contribution in [0.15, 0.2) is 83.8 Å². The van der Waals surface area contributed by atoms with Crippen LogP contribution in [0.25, 0.3) is 10.8 Å². The minimum Gasteiger partial charge on any atom is -0.380 e. The summed E-state index contributed by atoms with van der Waals surface area (Å²) in [7, 11) is 0. The zero-order valence-corrected chi connectivity index (χ0v) is 18.1. The maximum Gasteiger partial charge on any atom is 0.0481 e. The molecule has 2 heteroatoms. The van der Waals surface area contributed by atoms with Crippen molar-refractivity contribution >= 4 is 28.2 Å². The fourth-order valence-corrected chi connectivity index (χ4v) is 5.10. The Hall–Kier alpha value is -2.71. The summed E-state index contributed by atoms with van der Waals surface area (Å²) in [6.07, 6.45) is 0. The predicted octanol–water partition coefficient (Wildman–Crippen LogP) is 7.67. The third kappa shape index (κ3) is 4.65. The third-order valence-corrected chi connectivity index (χ3v) is 6.50. The second kappa shape index (κ2) is 8.75. The molecule has 0 saturated carbocycles. The first-order chi connectivity index (χ1) is 14.1. The van der Waals surface area contributed by atoms with Crippen LogP contribution in [0, 0.1) is 20.8 Å². The van der Waals surface area contributed by atoms with Gasteiger partial charge < -0.3 is 5.32 Å². The van der Waals surface area contributed by atoms with Gasteiger partial charge >= 0.3 is 0 Å². The number of thioether (sulfide) groups is 1. The van der Waals surface area contributed by atoms with Crippen molar-refractivity contribution in [2.45, 2.75) is 38.0 Å². The Morgan fingerprint density at radius 3 is 2.21 bits per heavy atom. The molecule has 0 heterocycles. The highest BCUT2D eigenvalue weighted by molar-refractivity contribution is 7.98. The topological polar surface area (TPSA) is 12.0 Å². The summed E-state index contributed by atoms with van der Waals surface area (Å²) < 4.78 is 0. The van der Waals surface area contributed by atoms with Gasteiger partial charge in [0, 0.05) is 22.9 Å². The second-order valence-electron chi connectivity index (χ2n) is 7.70. The van der Waals surface area contributed by atoms with E-state index in [1.807, 2.05) is 11.8 Å². The largest absolute Gasteiger partial charge is 0.380 e. The van der Waals surface area contributed by atoms with Gasteiger partial charge in [0.15, 0.2) is 0 Å². The number of hydrogen-bond acceptors (Lipinski definition) is 2. The Balaban J connectivity index is 1.48. The Kier molecular flexibility index (Phi) is 5.92. The lowest BCUT2D eigenvalue weighted by molar-refractivity contribution is 1.13. The summed E-state index contributed by atoms with van der Waals surface area (Å²) in [4.78, 5) is 1.30. The quantitative estimate of drug-likeness (QED) is 0.335. The Morgan fingerprint density at radius 2 is 1.41 bits per heavy atom. The van der Waals surface area contributed by atoms with Crippen LogP contribution in [0.1, 0.15) is 27.8 Å². The SMILES string of the molecule is Cc1cc(C)c(CSc2ccccc2NCc2ccc3ccccc3c2)c(C)c1. The van der Waals surface area contributed by atoms with Crippen LogP contribution in [-0.2, 0) is 12.3 Å². The van der Waals surface area contributed by atoms with Crippen molar-refractivity contribution in [3.8, 4) is 0 Å². The monoisotopic (exact) mass is 397 g/mol. The first-order valence-electron chi connectivity index (χ1n) is 10.1. The van der Waals surface area contributed by atoms with Crippen molar-refractivity contribution < 1.29 is 0 Å². The molecule has 0 radical (unpaired) electrons. The molecule has 0 aliphatic carbocycles. The summed E-state index contributed by atoms with van der Waals surface area (Å²) in [5.41, 5.74) is 8.06. The Bertz CT molecular complexity index is 1120. The number of nitrogens with one attached hydrogen (secondary N) is 1. The number of aryl methyl sites for hydroxylation is 3. The van der Waals surface area contributed by atoms with Crippen LogP contribution in [-0.4, -0.2) is 0 Å². The summed E-state index contributed by atoms with van der Waals surface area (Å²) in [5, 5.41) is 6.23. The highest BCUT2D eigenvalue weighted by Crippen LogP contribution is 2.32. The van der Waals surface area contributed by atoms with Gasteiger partial charge in [0.25, 0.3) is 0 Å². The van der Waals surface area contributed by atoms with Crippen LogP contribution in [0.3, 0.4) is 0 Å². The molecule has 4 rings (SSSR count). The van der Waals surface area contributed by atoms with E-state index in [1.165, 1.54) is 49.2 Å². The first kappa shape index (κ1) is 19.6. The first-order valence-corrected chi connectivity index (χ1v) is 11.1. The number of rotatable bonds is 6. The third-order valence-electron chi connectivity index (χ3n) is 5.40. The van der Waals surface area contributed by atoms with Gasteiger partial charge in [-0.2, -0.15) is 0 Å². The van der Waals surface area contributed by atoms with E-state index in [-0.39, 0.29) is 0 Å². The van der Waals surface area contributed by atoms with Crippen molar-refractivity contribution in [1.82, 2.24) is 0 Å². The highest BCUT2D eigenvalue weighted by atomic mass is 32.2. The van der Waals surface area contributed by atoms with Gasteiger partial charge in [0.05, 0.1) is 0 Å². The molecule has 146 valence electrons. The summed E-state index contributed by atoms with van der Waals surface area (Å²) >= 11 is 1.91. The van der Waals surface area contributed by atoms with Crippen molar-refractivity contribution in [3.63, 3.8) is 0 Å². The van der Waals surface area contributed by atoms with E-state index in [0.717, 1.165) is 12.3 Å². The molecular formula is C27H27NS. The summed E-state index contributed by atoms with van der Waals surface area (Å²) in [6, 6.07) is 28.4. The van der Waals surface area contributed by atoms with Gasteiger partial charge in [-0.25, -0.2) is 0 Å². The average Bonchev–Trinajstić information content (AvgIpc) is 2.72. The molecule has 0 unspecified atom stereocenters. The Labute approximate surface area is 178 Å². The molecule has 0 spiro atoms. The number of benzene rings is 4. The van der Waals surface area contributed by atoms with Crippen LogP contribution in [0.2, 0.25) is 0 Å². The molecule has 0 saturated heterocycles. The van der Waals surface area contributed by atoms with Crippen molar-refractivity contribution in [3.05, 3.63) is 107 Å². The molecule has 0 bridgehead atoms. The maximum absolute atomic E-state index is 3.65. The van der Waals surface area contributed by atoms with Gasteiger partial charge in [-0.05, 0) is 72.0 Å². The molecular weight excluding hydrogens is 370 g/mol. The molecule has 0 amide bonds. The van der Waals surface area contributed by atoms with Crippen LogP contribution in [0.4, 0.5) is 5.69 Å². The second-order valence-corrected chi connectivity index (χ2v) is 8.71. The van der Waals surface area contributed by atoms with Crippen molar-refractivity contribution in [2.75, 3.05) is 5.32 Å². The van der Waals surface area contributed by atoms with Crippen molar-refractivity contribution in [2.24, 2.45) is 0 Å². The van der Waals surface area contributed by atoms with E-state index in [0.29, 0.717) is 0 Å². The van der Waals surface area contributed by atoms with Crippen molar-refractivity contribution in [1.29, 1.82) is 0 Å². The molecule has 29 heavy (non-hydrogen) atoms. The van der Waals surface area contributed by atoms with E-state index in [9.17, 15) is 0 Å². The van der Waals surface area contributed by atoms with Crippen LogP contribution >= 0.6 is 11.8 Å². The smallest absolute Gasteiger partial charge is 0.0481 e. The lowest BCUT2D eigenvalue weighted by Crippen LogP contribution is -2.01. The maximum atomic E-state index is 3.65. The zero-order valence-electron chi connectivity index (χ0n) is 17.3. The zero-order chi connectivity index (χ0) is 20.2. The number of fused-ring (bicyclic) bond motifs is 1. The van der Waals surface area contributed by atoms with E-state index < -0.39 is 0 Å². The molecule has 1 nitrogen and oxygen atoms in total. The van der Waals surface area contributed by atoms with E-state index >= 15 is 0 Å². The molecule has 1 N–H and O–H groups in total. The Morgan fingerprint density at radius 1 is 0.724 bits per heavy atom. The number of hydrogen-bond donors (Lipinski definition) is 1. The normalized spacial score (nSPS) is 11.0. The predicted molar refractivity (Wildman–Crippen MR) is 128 cm³/mol. The fraction of sp³-hybridized carbons (Fsp3) is 0.185. The molecule has 4 aromatic rings.